The van der Waals surface area contributed by atoms with E-state index in [0.717, 1.165) is 10.8 Å². The van der Waals surface area contributed by atoms with Gasteiger partial charge in [-0.2, -0.15) is 0 Å². The molecule has 1 heterocycles. The predicted molar refractivity (Wildman–Crippen MR) is 68.7 cm³/mol. The third-order valence-electron chi connectivity index (χ3n) is 2.45. The molecule has 84 valence electrons. The lowest BCUT2D eigenvalue weighted by Crippen LogP contribution is -2.03. The van der Waals surface area contributed by atoms with Crippen LogP contribution in [0, 0.1) is 5.92 Å². The molecular weight excluding hydrogens is 218 g/mol. The summed E-state index contributed by atoms with van der Waals surface area (Å²) in [5.41, 5.74) is 0. The first kappa shape index (κ1) is 11.4. The van der Waals surface area contributed by atoms with E-state index in [9.17, 15) is 0 Å². The molecule has 0 aliphatic carbocycles. The molecule has 0 aliphatic rings. The lowest BCUT2D eigenvalue weighted by molar-refractivity contribution is 0.250. The van der Waals surface area contributed by atoms with E-state index in [1.807, 2.05) is 31.3 Å². The van der Waals surface area contributed by atoms with Crippen molar-refractivity contribution in [2.24, 2.45) is 5.92 Å². The highest BCUT2D eigenvalue weighted by molar-refractivity contribution is 7.99. The van der Waals surface area contributed by atoms with Crippen molar-refractivity contribution in [3.05, 3.63) is 36.5 Å². The Hall–Kier alpha value is -1.06. The van der Waals surface area contributed by atoms with E-state index in [2.05, 4.69) is 17.1 Å². The Morgan fingerprint density at radius 1 is 1.31 bits per heavy atom. The number of pyridine rings is 1. The Bertz CT molecular complexity index is 467. The number of aliphatic hydroxyl groups is 1. The number of hydrogen-bond donors (Lipinski definition) is 1. The Balaban J connectivity index is 2.23. The second-order valence-electron chi connectivity index (χ2n) is 3.94. The van der Waals surface area contributed by atoms with E-state index >= 15 is 0 Å². The number of rotatable bonds is 4. The highest BCUT2D eigenvalue weighted by atomic mass is 32.2. The van der Waals surface area contributed by atoms with E-state index in [0.29, 0.717) is 5.92 Å². The van der Waals surface area contributed by atoms with Gasteiger partial charge in [-0.3, -0.25) is 0 Å². The average molecular weight is 233 g/mol. The van der Waals surface area contributed by atoms with Crippen LogP contribution in [0.15, 0.2) is 41.6 Å². The van der Waals surface area contributed by atoms with Gasteiger partial charge < -0.3 is 5.11 Å². The molecule has 0 radical (unpaired) electrons. The molecule has 0 saturated carbocycles. The molecule has 1 aromatic heterocycles. The molecule has 0 aliphatic heterocycles. The second-order valence-corrected chi connectivity index (χ2v) is 4.94. The van der Waals surface area contributed by atoms with Gasteiger partial charge in [0, 0.05) is 23.9 Å². The van der Waals surface area contributed by atoms with Gasteiger partial charge in [0.05, 0.1) is 0 Å². The molecule has 1 N–H and O–H groups in total. The minimum Gasteiger partial charge on any atom is -0.396 e. The fourth-order valence-electron chi connectivity index (χ4n) is 1.48. The van der Waals surface area contributed by atoms with Gasteiger partial charge in [0.25, 0.3) is 0 Å². The van der Waals surface area contributed by atoms with Crippen LogP contribution in [-0.4, -0.2) is 22.5 Å². The predicted octanol–water partition coefficient (Wildman–Crippen LogP) is 2.96. The van der Waals surface area contributed by atoms with Crippen LogP contribution in [0.2, 0.25) is 0 Å². The minimum atomic E-state index is 0.234. The molecule has 0 fully saturated rings. The van der Waals surface area contributed by atoms with Crippen LogP contribution in [-0.2, 0) is 0 Å². The van der Waals surface area contributed by atoms with E-state index < -0.39 is 0 Å². The lowest BCUT2D eigenvalue weighted by Gasteiger charge is -2.08. The standard InChI is InChI=1S/C13H15NOS/c1-10(8-15)9-16-13-12-5-3-2-4-11(12)6-7-14-13/h2-7,10,15H,8-9H2,1H3. The van der Waals surface area contributed by atoms with Crippen molar-refractivity contribution < 1.29 is 5.11 Å². The van der Waals surface area contributed by atoms with Crippen LogP contribution in [0.1, 0.15) is 6.92 Å². The maximum absolute atomic E-state index is 8.99. The summed E-state index contributed by atoms with van der Waals surface area (Å²) < 4.78 is 0. The van der Waals surface area contributed by atoms with Crippen LogP contribution in [0.3, 0.4) is 0 Å². The van der Waals surface area contributed by atoms with E-state index in [-0.39, 0.29) is 6.61 Å². The summed E-state index contributed by atoms with van der Waals surface area (Å²) in [4.78, 5) is 4.39. The monoisotopic (exact) mass is 233 g/mol. The summed E-state index contributed by atoms with van der Waals surface area (Å²) >= 11 is 1.71. The number of benzene rings is 1. The lowest BCUT2D eigenvalue weighted by atomic mass is 10.2. The zero-order valence-corrected chi connectivity index (χ0v) is 10.1. The van der Waals surface area contributed by atoms with Gasteiger partial charge in [0.15, 0.2) is 0 Å². The normalized spacial score (nSPS) is 12.9. The van der Waals surface area contributed by atoms with Crippen molar-refractivity contribution in [1.29, 1.82) is 0 Å². The summed E-state index contributed by atoms with van der Waals surface area (Å²) in [5, 5.41) is 12.5. The van der Waals surface area contributed by atoms with Gasteiger partial charge in [0.1, 0.15) is 5.03 Å². The van der Waals surface area contributed by atoms with E-state index in [1.165, 1.54) is 10.8 Å². The van der Waals surface area contributed by atoms with Gasteiger partial charge >= 0.3 is 0 Å². The largest absolute Gasteiger partial charge is 0.396 e. The zero-order valence-electron chi connectivity index (χ0n) is 9.26. The smallest absolute Gasteiger partial charge is 0.104 e. The molecule has 2 nitrogen and oxygen atoms in total. The van der Waals surface area contributed by atoms with Gasteiger partial charge in [-0.05, 0) is 17.4 Å². The zero-order chi connectivity index (χ0) is 11.4. The maximum Gasteiger partial charge on any atom is 0.104 e. The summed E-state index contributed by atoms with van der Waals surface area (Å²) in [7, 11) is 0. The number of thioether (sulfide) groups is 1. The second kappa shape index (κ2) is 5.32. The van der Waals surface area contributed by atoms with Crippen molar-refractivity contribution in [3.8, 4) is 0 Å². The van der Waals surface area contributed by atoms with Crippen molar-refractivity contribution in [2.75, 3.05) is 12.4 Å². The van der Waals surface area contributed by atoms with Crippen molar-refractivity contribution in [2.45, 2.75) is 11.9 Å². The molecule has 0 spiro atoms. The van der Waals surface area contributed by atoms with Gasteiger partial charge in [-0.25, -0.2) is 4.98 Å². The van der Waals surface area contributed by atoms with Gasteiger partial charge in [-0.15, -0.1) is 11.8 Å². The molecule has 16 heavy (non-hydrogen) atoms. The molecule has 1 unspecified atom stereocenters. The summed E-state index contributed by atoms with van der Waals surface area (Å²) in [6, 6.07) is 10.3. The Labute approximate surface area is 99.7 Å². The third kappa shape index (κ3) is 2.54. The SMILES string of the molecule is CC(CO)CSc1nccc2ccccc12. The van der Waals surface area contributed by atoms with Crippen LogP contribution in [0.4, 0.5) is 0 Å². The van der Waals surface area contributed by atoms with Crippen molar-refractivity contribution in [1.82, 2.24) is 4.98 Å². The van der Waals surface area contributed by atoms with Gasteiger partial charge in [-0.1, -0.05) is 31.2 Å². The molecule has 2 rings (SSSR count). The number of fused-ring (bicyclic) bond motifs is 1. The molecule has 0 saturated heterocycles. The fourth-order valence-corrected chi connectivity index (χ4v) is 2.51. The maximum atomic E-state index is 8.99. The fraction of sp³-hybridized carbons (Fsp3) is 0.308. The van der Waals surface area contributed by atoms with Crippen molar-refractivity contribution >= 4 is 22.5 Å². The molecule has 2 aromatic rings. The molecule has 1 aromatic carbocycles. The van der Waals surface area contributed by atoms with Crippen LogP contribution in [0.25, 0.3) is 10.8 Å². The molecule has 1 atom stereocenters. The van der Waals surface area contributed by atoms with E-state index in [4.69, 9.17) is 5.11 Å². The minimum absolute atomic E-state index is 0.234. The highest BCUT2D eigenvalue weighted by Gasteiger charge is 2.05. The quantitative estimate of drug-likeness (QED) is 0.824. The average Bonchev–Trinajstić information content (AvgIpc) is 2.35. The van der Waals surface area contributed by atoms with Crippen LogP contribution in [0.5, 0.6) is 0 Å². The summed E-state index contributed by atoms with van der Waals surface area (Å²) in [5.74, 6) is 1.21. The van der Waals surface area contributed by atoms with Crippen LogP contribution >= 0.6 is 11.8 Å². The third-order valence-corrected chi connectivity index (χ3v) is 3.79. The Kier molecular flexibility index (Phi) is 3.80. The van der Waals surface area contributed by atoms with Crippen LogP contribution < -0.4 is 0 Å². The summed E-state index contributed by atoms with van der Waals surface area (Å²) in [6.07, 6.45) is 1.84. The van der Waals surface area contributed by atoms with Gasteiger partial charge in [0.2, 0.25) is 0 Å². The summed E-state index contributed by atoms with van der Waals surface area (Å²) in [6.45, 7) is 2.27. The topological polar surface area (TPSA) is 33.1 Å². The van der Waals surface area contributed by atoms with Crippen molar-refractivity contribution in [3.63, 3.8) is 0 Å². The molecule has 3 heteroatoms. The Morgan fingerprint density at radius 2 is 2.12 bits per heavy atom. The first-order valence-corrected chi connectivity index (χ1v) is 6.37. The number of aliphatic hydroxyl groups excluding tert-OH is 1. The highest BCUT2D eigenvalue weighted by Crippen LogP contribution is 2.26. The van der Waals surface area contributed by atoms with E-state index in [1.54, 1.807) is 11.8 Å². The Morgan fingerprint density at radius 3 is 2.94 bits per heavy atom. The number of nitrogens with zero attached hydrogens (tertiary/aromatic N) is 1. The molecule has 0 amide bonds. The first-order valence-electron chi connectivity index (χ1n) is 5.38. The first-order chi connectivity index (χ1) is 7.81. The molecule has 0 bridgehead atoms. The molecular formula is C13H15NOS. The number of aromatic nitrogens is 1. The number of hydrogen-bond acceptors (Lipinski definition) is 3.